The van der Waals surface area contributed by atoms with Gasteiger partial charge in [0, 0.05) is 6.04 Å². The molecule has 20 heavy (non-hydrogen) atoms. The van der Waals surface area contributed by atoms with E-state index in [1.807, 2.05) is 0 Å². The van der Waals surface area contributed by atoms with Gasteiger partial charge in [-0.25, -0.2) is 0 Å². The first-order chi connectivity index (χ1) is 9.50. The van der Waals surface area contributed by atoms with Crippen LogP contribution in [0.3, 0.4) is 0 Å². The minimum atomic E-state index is 0.403. The lowest BCUT2D eigenvalue weighted by molar-refractivity contribution is 0.0987. The lowest BCUT2D eigenvalue weighted by atomic mass is 9.76. The predicted octanol–water partition coefficient (Wildman–Crippen LogP) is 4.70. The molecule has 1 N–H and O–H groups in total. The first-order valence-corrected chi connectivity index (χ1v) is 8.00. The molecule has 2 rings (SSSR count). The van der Waals surface area contributed by atoms with Crippen LogP contribution in [0, 0.1) is 5.41 Å². The van der Waals surface area contributed by atoms with Crippen molar-refractivity contribution in [1.29, 1.82) is 0 Å². The SMILES string of the molecule is CCNC(C)c1ccc(OC2CCC(C)(C)CC2)cc1. The number of benzene rings is 1. The van der Waals surface area contributed by atoms with E-state index >= 15 is 0 Å². The van der Waals surface area contributed by atoms with Gasteiger partial charge in [-0.3, -0.25) is 0 Å². The zero-order valence-electron chi connectivity index (χ0n) is 13.4. The first-order valence-electron chi connectivity index (χ1n) is 8.00. The molecule has 0 spiro atoms. The van der Waals surface area contributed by atoms with Crippen molar-refractivity contribution >= 4 is 0 Å². The molecule has 0 radical (unpaired) electrons. The molecule has 2 heteroatoms. The molecule has 1 aromatic rings. The van der Waals surface area contributed by atoms with Crippen LogP contribution in [-0.4, -0.2) is 12.6 Å². The highest BCUT2D eigenvalue weighted by Crippen LogP contribution is 2.36. The summed E-state index contributed by atoms with van der Waals surface area (Å²) in [6.45, 7) is 10.1. The van der Waals surface area contributed by atoms with Crippen LogP contribution >= 0.6 is 0 Å². The topological polar surface area (TPSA) is 21.3 Å². The molecule has 2 nitrogen and oxygen atoms in total. The molecule has 1 aromatic carbocycles. The van der Waals surface area contributed by atoms with Gasteiger partial charge in [-0.1, -0.05) is 32.9 Å². The highest BCUT2D eigenvalue weighted by atomic mass is 16.5. The van der Waals surface area contributed by atoms with Crippen molar-refractivity contribution in [2.24, 2.45) is 5.41 Å². The molecule has 0 aromatic heterocycles. The van der Waals surface area contributed by atoms with Gasteiger partial charge in [0.05, 0.1) is 6.10 Å². The molecule has 0 aliphatic heterocycles. The molecule has 0 amide bonds. The monoisotopic (exact) mass is 275 g/mol. The summed E-state index contributed by atoms with van der Waals surface area (Å²) in [6, 6.07) is 8.99. The van der Waals surface area contributed by atoms with Crippen molar-refractivity contribution in [1.82, 2.24) is 5.32 Å². The molecule has 1 saturated carbocycles. The molecular formula is C18H29NO. The van der Waals surface area contributed by atoms with E-state index < -0.39 is 0 Å². The second-order valence-electron chi connectivity index (χ2n) is 6.83. The Hall–Kier alpha value is -1.02. The van der Waals surface area contributed by atoms with Gasteiger partial charge >= 0.3 is 0 Å². The summed E-state index contributed by atoms with van der Waals surface area (Å²) >= 11 is 0. The largest absolute Gasteiger partial charge is 0.490 e. The maximum Gasteiger partial charge on any atom is 0.119 e. The van der Waals surface area contributed by atoms with Crippen LogP contribution in [0.5, 0.6) is 5.75 Å². The van der Waals surface area contributed by atoms with Gasteiger partial charge in [0.25, 0.3) is 0 Å². The van der Waals surface area contributed by atoms with Crippen molar-refractivity contribution in [3.05, 3.63) is 29.8 Å². The third-order valence-electron chi connectivity index (χ3n) is 4.48. The van der Waals surface area contributed by atoms with Gasteiger partial charge in [0.1, 0.15) is 5.75 Å². The standard InChI is InChI=1S/C18H29NO/c1-5-19-14(2)15-6-8-16(9-7-15)20-17-10-12-18(3,4)13-11-17/h6-9,14,17,19H,5,10-13H2,1-4H3. The third kappa shape index (κ3) is 4.24. The summed E-state index contributed by atoms with van der Waals surface area (Å²) in [6.07, 6.45) is 5.31. The number of hydrogen-bond acceptors (Lipinski definition) is 2. The summed E-state index contributed by atoms with van der Waals surface area (Å²) in [5.41, 5.74) is 1.83. The van der Waals surface area contributed by atoms with Crippen molar-refractivity contribution in [2.75, 3.05) is 6.54 Å². The van der Waals surface area contributed by atoms with E-state index in [1.54, 1.807) is 0 Å². The predicted molar refractivity (Wildman–Crippen MR) is 85.2 cm³/mol. The van der Waals surface area contributed by atoms with Gasteiger partial charge in [-0.2, -0.15) is 0 Å². The second kappa shape index (κ2) is 6.62. The highest BCUT2D eigenvalue weighted by molar-refractivity contribution is 5.29. The Labute approximate surface area is 123 Å². The first kappa shape index (κ1) is 15.4. The van der Waals surface area contributed by atoms with E-state index in [-0.39, 0.29) is 0 Å². The van der Waals surface area contributed by atoms with Crippen LogP contribution in [0.1, 0.15) is 65.0 Å². The third-order valence-corrected chi connectivity index (χ3v) is 4.48. The lowest BCUT2D eigenvalue weighted by Gasteiger charge is -2.34. The number of ether oxygens (including phenoxy) is 1. The molecule has 1 unspecified atom stereocenters. The number of hydrogen-bond donors (Lipinski definition) is 1. The van der Waals surface area contributed by atoms with Crippen molar-refractivity contribution < 1.29 is 4.74 Å². The second-order valence-corrected chi connectivity index (χ2v) is 6.83. The van der Waals surface area contributed by atoms with Crippen molar-refractivity contribution in [3.63, 3.8) is 0 Å². The van der Waals surface area contributed by atoms with Crippen LogP contribution in [0.25, 0.3) is 0 Å². The summed E-state index contributed by atoms with van der Waals surface area (Å²) in [5, 5.41) is 3.43. The summed E-state index contributed by atoms with van der Waals surface area (Å²) < 4.78 is 6.12. The van der Waals surface area contributed by atoms with Gasteiger partial charge in [0.2, 0.25) is 0 Å². The fraction of sp³-hybridized carbons (Fsp3) is 0.667. The molecule has 1 aliphatic carbocycles. The van der Waals surface area contributed by atoms with Crippen LogP contribution in [0.2, 0.25) is 0 Å². The van der Waals surface area contributed by atoms with Gasteiger partial charge in [0.15, 0.2) is 0 Å². The Bertz CT molecular complexity index is 400. The van der Waals surface area contributed by atoms with E-state index in [4.69, 9.17) is 4.74 Å². The molecule has 1 fully saturated rings. The van der Waals surface area contributed by atoms with E-state index in [1.165, 1.54) is 31.2 Å². The van der Waals surface area contributed by atoms with Crippen LogP contribution in [0.4, 0.5) is 0 Å². The quantitative estimate of drug-likeness (QED) is 0.840. The maximum atomic E-state index is 6.12. The minimum absolute atomic E-state index is 0.403. The fourth-order valence-corrected chi connectivity index (χ4v) is 2.94. The molecule has 0 heterocycles. The van der Waals surface area contributed by atoms with Gasteiger partial charge in [-0.05, 0) is 62.3 Å². The Balaban J connectivity index is 1.88. The number of rotatable bonds is 5. The zero-order valence-corrected chi connectivity index (χ0v) is 13.4. The average Bonchev–Trinajstić information content (AvgIpc) is 2.42. The van der Waals surface area contributed by atoms with E-state index in [2.05, 4.69) is 57.3 Å². The summed E-state index contributed by atoms with van der Waals surface area (Å²) in [7, 11) is 0. The summed E-state index contributed by atoms with van der Waals surface area (Å²) in [4.78, 5) is 0. The molecule has 1 atom stereocenters. The Morgan fingerprint density at radius 3 is 2.35 bits per heavy atom. The lowest BCUT2D eigenvalue weighted by Crippen LogP contribution is -2.28. The Kier molecular flexibility index (Phi) is 5.09. The normalized spacial score (nSPS) is 20.6. The average molecular weight is 275 g/mol. The highest BCUT2D eigenvalue weighted by Gasteiger charge is 2.27. The fourth-order valence-electron chi connectivity index (χ4n) is 2.94. The smallest absolute Gasteiger partial charge is 0.119 e. The van der Waals surface area contributed by atoms with Gasteiger partial charge in [-0.15, -0.1) is 0 Å². The minimum Gasteiger partial charge on any atom is -0.490 e. The Morgan fingerprint density at radius 1 is 1.20 bits per heavy atom. The van der Waals surface area contributed by atoms with E-state index in [0.29, 0.717) is 17.6 Å². The van der Waals surface area contributed by atoms with E-state index in [0.717, 1.165) is 12.3 Å². The van der Waals surface area contributed by atoms with Gasteiger partial charge < -0.3 is 10.1 Å². The van der Waals surface area contributed by atoms with Crippen LogP contribution < -0.4 is 10.1 Å². The van der Waals surface area contributed by atoms with Crippen LogP contribution in [-0.2, 0) is 0 Å². The number of nitrogens with one attached hydrogen (secondary N) is 1. The maximum absolute atomic E-state index is 6.12. The molecule has 0 bridgehead atoms. The van der Waals surface area contributed by atoms with E-state index in [9.17, 15) is 0 Å². The summed E-state index contributed by atoms with van der Waals surface area (Å²) in [5.74, 6) is 1.02. The molecule has 112 valence electrons. The Morgan fingerprint density at radius 2 is 1.80 bits per heavy atom. The molecule has 0 saturated heterocycles. The van der Waals surface area contributed by atoms with Crippen LogP contribution in [0.15, 0.2) is 24.3 Å². The molecule has 1 aliphatic rings. The zero-order chi connectivity index (χ0) is 14.6. The van der Waals surface area contributed by atoms with Crippen molar-refractivity contribution in [3.8, 4) is 5.75 Å². The molecular weight excluding hydrogens is 246 g/mol. The van der Waals surface area contributed by atoms with Crippen molar-refractivity contribution in [2.45, 2.75) is 65.5 Å².